The van der Waals surface area contributed by atoms with Crippen LogP contribution >= 0.6 is 0 Å². The Kier molecular flexibility index (Phi) is 6.78. The summed E-state index contributed by atoms with van der Waals surface area (Å²) in [6.45, 7) is 7.80. The Balaban J connectivity index is 2.60. The van der Waals surface area contributed by atoms with Crippen LogP contribution in [0.1, 0.15) is 58.2 Å². The lowest BCUT2D eigenvalue weighted by Crippen LogP contribution is -2.25. The van der Waals surface area contributed by atoms with Gasteiger partial charge < -0.3 is 5.32 Å². The first-order valence-electron chi connectivity index (χ1n) is 6.77. The predicted octanol–water partition coefficient (Wildman–Crippen LogP) is 3.34. The van der Waals surface area contributed by atoms with Gasteiger partial charge in [-0.05, 0) is 25.3 Å². The van der Waals surface area contributed by atoms with E-state index in [1.54, 1.807) is 12.4 Å². The molecule has 2 atom stereocenters. The van der Waals surface area contributed by atoms with Crippen LogP contribution < -0.4 is 5.32 Å². The van der Waals surface area contributed by atoms with Crippen LogP contribution in [0.4, 0.5) is 0 Å². The van der Waals surface area contributed by atoms with E-state index in [1.165, 1.54) is 12.8 Å². The summed E-state index contributed by atoms with van der Waals surface area (Å²) >= 11 is 0. The van der Waals surface area contributed by atoms with Crippen LogP contribution in [0, 0.1) is 5.92 Å². The van der Waals surface area contributed by atoms with Crippen LogP contribution in [0.25, 0.3) is 0 Å². The van der Waals surface area contributed by atoms with Gasteiger partial charge in [0.2, 0.25) is 0 Å². The van der Waals surface area contributed by atoms with E-state index in [9.17, 15) is 0 Å². The monoisotopic (exact) mass is 235 g/mol. The van der Waals surface area contributed by atoms with E-state index >= 15 is 0 Å². The Morgan fingerprint density at radius 3 is 2.65 bits per heavy atom. The number of aromatic nitrogens is 2. The lowest BCUT2D eigenvalue weighted by atomic mass is 9.95. The Bertz CT molecular complexity index is 287. The quantitative estimate of drug-likeness (QED) is 0.751. The summed E-state index contributed by atoms with van der Waals surface area (Å²) in [4.78, 5) is 8.58. The van der Waals surface area contributed by atoms with Gasteiger partial charge in [-0.1, -0.05) is 33.6 Å². The second-order valence-corrected chi connectivity index (χ2v) is 4.77. The molecule has 0 aliphatic rings. The number of nitrogens with one attached hydrogen (secondary N) is 1. The molecule has 0 amide bonds. The SMILES string of the molecule is CCCNC(CC(C)CCC)c1cnccn1. The molecule has 0 aliphatic heterocycles. The second kappa shape index (κ2) is 8.18. The Hall–Kier alpha value is -0.960. The molecule has 0 aliphatic carbocycles. The molecular formula is C14H25N3. The molecule has 0 radical (unpaired) electrons. The van der Waals surface area contributed by atoms with Gasteiger partial charge in [-0.25, -0.2) is 0 Å². The van der Waals surface area contributed by atoms with Crippen molar-refractivity contribution in [3.63, 3.8) is 0 Å². The number of rotatable bonds is 8. The normalized spacial score (nSPS) is 14.5. The highest BCUT2D eigenvalue weighted by atomic mass is 14.9. The first kappa shape index (κ1) is 14.1. The maximum atomic E-state index is 4.42. The summed E-state index contributed by atoms with van der Waals surface area (Å²) in [7, 11) is 0. The summed E-state index contributed by atoms with van der Waals surface area (Å²) in [5, 5.41) is 3.57. The molecule has 3 heteroatoms. The van der Waals surface area contributed by atoms with E-state index in [2.05, 4.69) is 36.1 Å². The minimum absolute atomic E-state index is 0.352. The Labute approximate surface area is 105 Å². The summed E-state index contributed by atoms with van der Waals surface area (Å²) in [5.41, 5.74) is 1.07. The molecule has 0 saturated carbocycles. The van der Waals surface area contributed by atoms with Gasteiger partial charge in [0.15, 0.2) is 0 Å². The van der Waals surface area contributed by atoms with Crippen LogP contribution in [0.15, 0.2) is 18.6 Å². The second-order valence-electron chi connectivity index (χ2n) is 4.77. The Morgan fingerprint density at radius 2 is 2.06 bits per heavy atom. The van der Waals surface area contributed by atoms with E-state index in [-0.39, 0.29) is 0 Å². The topological polar surface area (TPSA) is 37.8 Å². The summed E-state index contributed by atoms with van der Waals surface area (Å²) in [5.74, 6) is 0.733. The van der Waals surface area contributed by atoms with Gasteiger partial charge in [0.1, 0.15) is 0 Å². The molecule has 0 saturated heterocycles. The fraction of sp³-hybridized carbons (Fsp3) is 0.714. The fourth-order valence-corrected chi connectivity index (χ4v) is 2.13. The number of hydrogen-bond donors (Lipinski definition) is 1. The Morgan fingerprint density at radius 1 is 1.24 bits per heavy atom. The van der Waals surface area contributed by atoms with Crippen LogP contribution in [0.3, 0.4) is 0 Å². The van der Waals surface area contributed by atoms with Crippen molar-refractivity contribution in [3.05, 3.63) is 24.3 Å². The van der Waals surface area contributed by atoms with Crippen LogP contribution in [-0.2, 0) is 0 Å². The average molecular weight is 235 g/mol. The molecule has 3 nitrogen and oxygen atoms in total. The first-order valence-corrected chi connectivity index (χ1v) is 6.77. The molecule has 17 heavy (non-hydrogen) atoms. The molecule has 1 N–H and O–H groups in total. The van der Waals surface area contributed by atoms with E-state index < -0.39 is 0 Å². The van der Waals surface area contributed by atoms with Gasteiger partial charge in [-0.15, -0.1) is 0 Å². The maximum absolute atomic E-state index is 4.42. The molecule has 0 spiro atoms. The predicted molar refractivity (Wildman–Crippen MR) is 71.8 cm³/mol. The van der Waals surface area contributed by atoms with Crippen molar-refractivity contribution in [2.45, 2.75) is 52.5 Å². The van der Waals surface area contributed by atoms with Gasteiger partial charge in [-0.3, -0.25) is 9.97 Å². The van der Waals surface area contributed by atoms with Crippen LogP contribution in [0.5, 0.6) is 0 Å². The third kappa shape index (κ3) is 5.26. The standard InChI is InChI=1S/C14H25N3/c1-4-6-12(3)10-13(16-7-5-2)14-11-15-8-9-17-14/h8-9,11-13,16H,4-7,10H2,1-3H3. The van der Waals surface area contributed by atoms with Crippen molar-refractivity contribution in [2.24, 2.45) is 5.92 Å². The molecule has 96 valence electrons. The van der Waals surface area contributed by atoms with Crippen molar-refractivity contribution >= 4 is 0 Å². The molecule has 1 aromatic rings. The fourth-order valence-electron chi connectivity index (χ4n) is 2.13. The largest absolute Gasteiger partial charge is 0.309 e. The van der Waals surface area contributed by atoms with Crippen molar-refractivity contribution in [1.82, 2.24) is 15.3 Å². The van der Waals surface area contributed by atoms with Gasteiger partial charge in [0, 0.05) is 18.6 Å². The van der Waals surface area contributed by atoms with E-state index in [0.29, 0.717) is 6.04 Å². The van der Waals surface area contributed by atoms with Crippen LogP contribution in [-0.4, -0.2) is 16.5 Å². The van der Waals surface area contributed by atoms with Gasteiger partial charge in [0.05, 0.1) is 11.7 Å². The molecular weight excluding hydrogens is 210 g/mol. The molecule has 0 bridgehead atoms. The average Bonchev–Trinajstić information content (AvgIpc) is 2.36. The molecule has 1 aromatic heterocycles. The van der Waals surface area contributed by atoms with E-state index in [1.807, 2.05) is 6.20 Å². The highest BCUT2D eigenvalue weighted by Gasteiger charge is 2.15. The third-order valence-electron chi connectivity index (χ3n) is 3.00. The molecule has 1 rings (SSSR count). The smallest absolute Gasteiger partial charge is 0.0756 e. The maximum Gasteiger partial charge on any atom is 0.0756 e. The third-order valence-corrected chi connectivity index (χ3v) is 3.00. The number of hydrogen-bond acceptors (Lipinski definition) is 3. The van der Waals surface area contributed by atoms with Gasteiger partial charge in [0.25, 0.3) is 0 Å². The lowest BCUT2D eigenvalue weighted by molar-refractivity contribution is 0.384. The summed E-state index contributed by atoms with van der Waals surface area (Å²) in [6, 6.07) is 0.352. The van der Waals surface area contributed by atoms with Crippen molar-refractivity contribution < 1.29 is 0 Å². The zero-order valence-electron chi connectivity index (χ0n) is 11.3. The summed E-state index contributed by atoms with van der Waals surface area (Å²) in [6.07, 6.45) is 10.2. The highest BCUT2D eigenvalue weighted by Crippen LogP contribution is 2.21. The van der Waals surface area contributed by atoms with Gasteiger partial charge >= 0.3 is 0 Å². The minimum atomic E-state index is 0.352. The zero-order chi connectivity index (χ0) is 12.5. The minimum Gasteiger partial charge on any atom is -0.309 e. The van der Waals surface area contributed by atoms with Crippen molar-refractivity contribution in [2.75, 3.05) is 6.54 Å². The highest BCUT2D eigenvalue weighted by molar-refractivity contribution is 5.02. The van der Waals surface area contributed by atoms with E-state index in [0.717, 1.165) is 31.0 Å². The molecule has 2 unspecified atom stereocenters. The van der Waals surface area contributed by atoms with Crippen LogP contribution in [0.2, 0.25) is 0 Å². The van der Waals surface area contributed by atoms with Crippen molar-refractivity contribution in [3.8, 4) is 0 Å². The summed E-state index contributed by atoms with van der Waals surface area (Å²) < 4.78 is 0. The van der Waals surface area contributed by atoms with Crippen molar-refractivity contribution in [1.29, 1.82) is 0 Å². The molecule has 0 fully saturated rings. The zero-order valence-corrected chi connectivity index (χ0v) is 11.3. The van der Waals surface area contributed by atoms with E-state index in [4.69, 9.17) is 0 Å². The van der Waals surface area contributed by atoms with Gasteiger partial charge in [-0.2, -0.15) is 0 Å². The molecule has 0 aromatic carbocycles. The lowest BCUT2D eigenvalue weighted by Gasteiger charge is -2.21. The first-order chi connectivity index (χ1) is 8.27. The molecule has 1 heterocycles. The number of nitrogens with zero attached hydrogens (tertiary/aromatic N) is 2.